The van der Waals surface area contributed by atoms with Crippen LogP contribution in [0.5, 0.6) is 0 Å². The highest BCUT2D eigenvalue weighted by atomic mass is 16.6. The highest BCUT2D eigenvalue weighted by Gasteiger charge is 2.20. The van der Waals surface area contributed by atoms with Crippen molar-refractivity contribution < 1.29 is 4.92 Å². The van der Waals surface area contributed by atoms with Crippen molar-refractivity contribution in [2.24, 2.45) is 0 Å². The number of benzene rings is 1. The van der Waals surface area contributed by atoms with Crippen molar-refractivity contribution in [1.29, 1.82) is 0 Å². The molecule has 88 valence electrons. The Balaban J connectivity index is 2.79. The summed E-state index contributed by atoms with van der Waals surface area (Å²) in [6, 6.07) is 3.24. The Morgan fingerprint density at radius 2 is 2.00 bits per heavy atom. The highest BCUT2D eigenvalue weighted by molar-refractivity contribution is 5.59. The predicted octanol–water partition coefficient (Wildman–Crippen LogP) is 2.10. The minimum absolute atomic E-state index is 0.0432. The zero-order valence-electron chi connectivity index (χ0n) is 9.84. The number of hydrogen-bond donors (Lipinski definition) is 0. The number of aromatic nitrogens is 3. The average molecular weight is 232 g/mol. The molecule has 0 atom stereocenters. The lowest BCUT2D eigenvalue weighted by molar-refractivity contribution is -0.384. The van der Waals surface area contributed by atoms with E-state index in [1.165, 1.54) is 17.1 Å². The van der Waals surface area contributed by atoms with Gasteiger partial charge in [0.15, 0.2) is 0 Å². The monoisotopic (exact) mass is 232 g/mol. The third-order valence-electron chi connectivity index (χ3n) is 2.81. The van der Waals surface area contributed by atoms with Gasteiger partial charge in [0.1, 0.15) is 17.8 Å². The Labute approximate surface area is 98.1 Å². The van der Waals surface area contributed by atoms with E-state index >= 15 is 0 Å². The normalized spacial score (nSPS) is 10.5. The zero-order chi connectivity index (χ0) is 12.6. The fourth-order valence-corrected chi connectivity index (χ4v) is 1.72. The molecule has 0 fully saturated rings. The van der Waals surface area contributed by atoms with E-state index < -0.39 is 4.92 Å². The second-order valence-corrected chi connectivity index (χ2v) is 3.85. The van der Waals surface area contributed by atoms with Crippen LogP contribution in [0.25, 0.3) is 5.69 Å². The minimum atomic E-state index is -0.400. The van der Waals surface area contributed by atoms with Crippen molar-refractivity contribution in [3.05, 3.63) is 45.5 Å². The summed E-state index contributed by atoms with van der Waals surface area (Å²) in [6.45, 7) is 5.52. The van der Waals surface area contributed by atoms with Crippen molar-refractivity contribution in [2.45, 2.75) is 20.8 Å². The molecule has 6 heteroatoms. The quantitative estimate of drug-likeness (QED) is 0.587. The number of aryl methyl sites for hydroxylation is 2. The van der Waals surface area contributed by atoms with Gasteiger partial charge in [-0.25, -0.2) is 9.67 Å². The van der Waals surface area contributed by atoms with Gasteiger partial charge in [-0.1, -0.05) is 6.07 Å². The molecule has 0 unspecified atom stereocenters. The van der Waals surface area contributed by atoms with E-state index in [9.17, 15) is 10.1 Å². The predicted molar refractivity (Wildman–Crippen MR) is 62.2 cm³/mol. The summed E-state index contributed by atoms with van der Waals surface area (Å²) in [6.07, 6.45) is 1.39. The third kappa shape index (κ3) is 1.77. The largest absolute Gasteiger partial charge is 0.295 e. The van der Waals surface area contributed by atoms with Gasteiger partial charge in [0, 0.05) is 6.07 Å². The molecule has 17 heavy (non-hydrogen) atoms. The molecule has 1 heterocycles. The van der Waals surface area contributed by atoms with Crippen molar-refractivity contribution in [2.75, 3.05) is 0 Å². The maximum absolute atomic E-state index is 11.0. The van der Waals surface area contributed by atoms with E-state index in [1.807, 2.05) is 13.8 Å². The van der Waals surface area contributed by atoms with Gasteiger partial charge in [0.25, 0.3) is 5.69 Å². The average Bonchev–Trinajstić information content (AvgIpc) is 2.68. The van der Waals surface area contributed by atoms with Gasteiger partial charge in [-0.3, -0.25) is 10.1 Å². The van der Waals surface area contributed by atoms with Gasteiger partial charge in [0.05, 0.1) is 4.92 Å². The number of hydrogen-bond acceptors (Lipinski definition) is 4. The Bertz CT molecular complexity index is 589. The Morgan fingerprint density at radius 1 is 1.29 bits per heavy atom. The maximum Gasteiger partial charge on any atom is 0.295 e. The molecular formula is C11H12N4O2. The third-order valence-corrected chi connectivity index (χ3v) is 2.81. The number of nitrogens with zero attached hydrogens (tertiary/aromatic N) is 4. The number of rotatable bonds is 2. The van der Waals surface area contributed by atoms with Crippen LogP contribution in [0.2, 0.25) is 0 Å². The first-order chi connectivity index (χ1) is 8.02. The van der Waals surface area contributed by atoms with E-state index in [0.29, 0.717) is 11.5 Å². The Morgan fingerprint density at radius 3 is 2.53 bits per heavy atom. The lowest BCUT2D eigenvalue weighted by Crippen LogP contribution is -2.07. The van der Waals surface area contributed by atoms with Gasteiger partial charge < -0.3 is 0 Å². The van der Waals surface area contributed by atoms with E-state index in [2.05, 4.69) is 10.1 Å². The van der Waals surface area contributed by atoms with Crippen molar-refractivity contribution >= 4 is 5.69 Å². The van der Waals surface area contributed by atoms with Gasteiger partial charge in [0.2, 0.25) is 0 Å². The van der Waals surface area contributed by atoms with Crippen LogP contribution >= 0.6 is 0 Å². The summed E-state index contributed by atoms with van der Waals surface area (Å²) in [5.74, 6) is 0.627. The maximum atomic E-state index is 11.0. The lowest BCUT2D eigenvalue weighted by atomic mass is 10.1. The first-order valence-corrected chi connectivity index (χ1v) is 5.14. The molecule has 6 nitrogen and oxygen atoms in total. The van der Waals surface area contributed by atoms with E-state index in [1.54, 1.807) is 13.0 Å². The molecular weight excluding hydrogens is 220 g/mol. The standard InChI is InChI=1S/C11H12N4O2/c1-7-4-5-10(15(16)17)11(8(7)2)14-9(3)12-6-13-14/h4-6H,1-3H3. The van der Waals surface area contributed by atoms with Gasteiger partial charge in [-0.2, -0.15) is 5.10 Å². The van der Waals surface area contributed by atoms with Gasteiger partial charge in [-0.15, -0.1) is 0 Å². The molecule has 0 aliphatic heterocycles. The van der Waals surface area contributed by atoms with Crippen molar-refractivity contribution in [1.82, 2.24) is 14.8 Å². The Hall–Kier alpha value is -2.24. The molecule has 1 aromatic carbocycles. The minimum Gasteiger partial charge on any atom is -0.258 e. The van der Waals surface area contributed by atoms with Crippen LogP contribution in [0.1, 0.15) is 17.0 Å². The second-order valence-electron chi connectivity index (χ2n) is 3.85. The molecule has 1 aromatic heterocycles. The van der Waals surface area contributed by atoms with Gasteiger partial charge >= 0.3 is 0 Å². The molecule has 0 N–H and O–H groups in total. The fraction of sp³-hybridized carbons (Fsp3) is 0.273. The van der Waals surface area contributed by atoms with E-state index in [0.717, 1.165) is 11.1 Å². The number of nitro benzene ring substituents is 1. The van der Waals surface area contributed by atoms with Crippen LogP contribution in [0.3, 0.4) is 0 Å². The molecule has 0 amide bonds. The van der Waals surface area contributed by atoms with E-state index in [4.69, 9.17) is 0 Å². The molecule has 0 aliphatic rings. The smallest absolute Gasteiger partial charge is 0.258 e. The van der Waals surface area contributed by atoms with Crippen LogP contribution in [0.15, 0.2) is 18.5 Å². The first kappa shape index (κ1) is 11.3. The van der Waals surface area contributed by atoms with Gasteiger partial charge in [-0.05, 0) is 31.9 Å². The SMILES string of the molecule is Cc1ccc([N+](=O)[O-])c(-n2ncnc2C)c1C. The Kier molecular flexibility index (Phi) is 2.63. The molecule has 2 rings (SSSR count). The molecule has 0 aliphatic carbocycles. The van der Waals surface area contributed by atoms with Crippen LogP contribution in [0, 0.1) is 30.9 Å². The van der Waals surface area contributed by atoms with Crippen LogP contribution in [0.4, 0.5) is 5.69 Å². The zero-order valence-corrected chi connectivity index (χ0v) is 9.84. The summed E-state index contributed by atoms with van der Waals surface area (Å²) in [7, 11) is 0. The lowest BCUT2D eigenvalue weighted by Gasteiger charge is -2.10. The van der Waals surface area contributed by atoms with Crippen LogP contribution in [-0.2, 0) is 0 Å². The first-order valence-electron chi connectivity index (χ1n) is 5.14. The molecule has 0 radical (unpaired) electrons. The molecule has 0 bridgehead atoms. The fourth-order valence-electron chi connectivity index (χ4n) is 1.72. The summed E-state index contributed by atoms with van der Waals surface area (Å²) < 4.78 is 1.50. The number of nitro groups is 1. The second kappa shape index (κ2) is 3.97. The van der Waals surface area contributed by atoms with Crippen LogP contribution < -0.4 is 0 Å². The molecule has 0 saturated heterocycles. The summed E-state index contributed by atoms with van der Waals surface area (Å²) >= 11 is 0. The topological polar surface area (TPSA) is 73.8 Å². The molecule has 0 saturated carbocycles. The highest BCUT2D eigenvalue weighted by Crippen LogP contribution is 2.28. The summed E-state index contributed by atoms with van der Waals surface area (Å²) in [5, 5.41) is 15.1. The summed E-state index contributed by atoms with van der Waals surface area (Å²) in [5.41, 5.74) is 2.36. The van der Waals surface area contributed by atoms with E-state index in [-0.39, 0.29) is 5.69 Å². The molecule has 2 aromatic rings. The van der Waals surface area contributed by atoms with Crippen molar-refractivity contribution in [3.63, 3.8) is 0 Å². The summed E-state index contributed by atoms with van der Waals surface area (Å²) in [4.78, 5) is 14.6. The van der Waals surface area contributed by atoms with Crippen LogP contribution in [-0.4, -0.2) is 19.7 Å². The van der Waals surface area contributed by atoms with Crippen molar-refractivity contribution in [3.8, 4) is 5.69 Å². The molecule has 0 spiro atoms.